The van der Waals surface area contributed by atoms with Crippen LogP contribution in [0.5, 0.6) is 5.88 Å². The minimum atomic E-state index is 0.665. The molecule has 35 heavy (non-hydrogen) atoms. The first kappa shape index (κ1) is 21.9. The van der Waals surface area contributed by atoms with Crippen LogP contribution in [0.4, 0.5) is 11.4 Å². The molecule has 5 heterocycles. The molecule has 0 unspecified atom stereocenters. The largest absolute Gasteiger partial charge is 0.476 e. The summed E-state index contributed by atoms with van der Waals surface area (Å²) in [5.74, 6) is 0.665. The van der Waals surface area contributed by atoms with Crippen LogP contribution in [0.1, 0.15) is 17.5 Å². The molecule has 2 N–H and O–H groups in total. The zero-order valence-corrected chi connectivity index (χ0v) is 20.6. The minimum Gasteiger partial charge on any atom is -0.476 e. The first-order chi connectivity index (χ1) is 17.1. The second-order valence-corrected chi connectivity index (χ2v) is 9.65. The summed E-state index contributed by atoms with van der Waals surface area (Å²) < 4.78 is 5.76. The molecular weight excluding hydrogens is 438 g/mol. The zero-order valence-electron chi connectivity index (χ0n) is 20.6. The quantitative estimate of drug-likeness (QED) is 0.464. The van der Waals surface area contributed by atoms with Gasteiger partial charge >= 0.3 is 0 Å². The molecule has 2 aliphatic heterocycles. The lowest BCUT2D eigenvalue weighted by Crippen LogP contribution is -2.45. The Balaban J connectivity index is 1.36. The highest BCUT2D eigenvalue weighted by atomic mass is 16.5. The van der Waals surface area contributed by atoms with Gasteiger partial charge < -0.3 is 24.8 Å². The van der Waals surface area contributed by atoms with Gasteiger partial charge in [0.2, 0.25) is 5.88 Å². The van der Waals surface area contributed by atoms with E-state index in [-0.39, 0.29) is 0 Å². The van der Waals surface area contributed by atoms with Crippen molar-refractivity contribution < 1.29 is 4.74 Å². The van der Waals surface area contributed by atoms with Gasteiger partial charge in [-0.25, -0.2) is 4.98 Å². The Morgan fingerprint density at radius 2 is 1.74 bits per heavy atom. The van der Waals surface area contributed by atoms with E-state index in [1.807, 2.05) is 12.4 Å². The molecule has 1 aromatic carbocycles. The predicted molar refractivity (Wildman–Crippen MR) is 140 cm³/mol. The number of pyridine rings is 1. The van der Waals surface area contributed by atoms with Crippen LogP contribution in [0.15, 0.2) is 36.7 Å². The Labute approximate surface area is 205 Å². The van der Waals surface area contributed by atoms with E-state index < -0.39 is 0 Å². The van der Waals surface area contributed by atoms with Crippen molar-refractivity contribution in [2.45, 2.75) is 20.3 Å². The molecule has 180 valence electrons. The Bertz CT molecular complexity index is 1360. The second kappa shape index (κ2) is 8.85. The van der Waals surface area contributed by atoms with Gasteiger partial charge in [-0.2, -0.15) is 0 Å². The van der Waals surface area contributed by atoms with Crippen LogP contribution in [0, 0.1) is 13.8 Å². The summed E-state index contributed by atoms with van der Waals surface area (Å²) in [6, 6.07) is 8.73. The van der Waals surface area contributed by atoms with Crippen LogP contribution < -0.4 is 15.0 Å². The average Bonchev–Trinajstić information content (AvgIpc) is 3.14. The van der Waals surface area contributed by atoms with Crippen molar-refractivity contribution in [3.8, 4) is 28.3 Å². The van der Waals surface area contributed by atoms with Gasteiger partial charge in [-0.3, -0.25) is 0 Å². The fourth-order valence-electron chi connectivity index (χ4n) is 5.24. The van der Waals surface area contributed by atoms with Crippen LogP contribution >= 0.6 is 0 Å². The standard InChI is InChI=1S/C27H31N7O/c1-17-11-19(12-18(2)25(17)34-8-6-33(3)7-9-34)23-14-21-22(16-29-26(21)32-31-23)20-13-24-27(30-15-20)35-10-4-5-28-24/h11-16,28H,4-10H2,1-3H3,(H,29,32). The molecule has 0 radical (unpaired) electrons. The SMILES string of the molecule is Cc1cc(-c2cc3c(-c4cnc5c(c4)NCCCO5)c[nH]c3nn2)cc(C)c1N1CCN(C)CC1. The molecule has 8 heteroatoms. The van der Waals surface area contributed by atoms with Gasteiger partial charge in [-0.1, -0.05) is 0 Å². The van der Waals surface area contributed by atoms with Crippen molar-refractivity contribution in [1.82, 2.24) is 25.1 Å². The molecule has 1 fully saturated rings. The van der Waals surface area contributed by atoms with E-state index in [1.54, 1.807) is 0 Å². The lowest BCUT2D eigenvalue weighted by Gasteiger charge is -2.36. The summed E-state index contributed by atoms with van der Waals surface area (Å²) in [5.41, 5.74) is 9.65. The summed E-state index contributed by atoms with van der Waals surface area (Å²) in [5, 5.41) is 13.5. The van der Waals surface area contributed by atoms with Gasteiger partial charge in [0.1, 0.15) is 0 Å². The Morgan fingerprint density at radius 1 is 0.943 bits per heavy atom. The second-order valence-electron chi connectivity index (χ2n) is 9.65. The predicted octanol–water partition coefficient (Wildman–Crippen LogP) is 4.25. The van der Waals surface area contributed by atoms with Gasteiger partial charge in [0.15, 0.2) is 5.65 Å². The van der Waals surface area contributed by atoms with E-state index in [9.17, 15) is 0 Å². The zero-order chi connectivity index (χ0) is 23.9. The van der Waals surface area contributed by atoms with Crippen LogP contribution in [-0.4, -0.2) is 71.4 Å². The number of aromatic amines is 1. The molecule has 1 saturated heterocycles. The number of fused-ring (bicyclic) bond motifs is 2. The van der Waals surface area contributed by atoms with E-state index in [0.717, 1.165) is 78.2 Å². The fourth-order valence-corrected chi connectivity index (χ4v) is 5.24. The molecule has 0 amide bonds. The lowest BCUT2D eigenvalue weighted by atomic mass is 9.99. The first-order valence-corrected chi connectivity index (χ1v) is 12.3. The molecule has 8 nitrogen and oxygen atoms in total. The topological polar surface area (TPSA) is 82.2 Å². The third-order valence-corrected chi connectivity index (χ3v) is 7.08. The fraction of sp³-hybridized carbons (Fsp3) is 0.370. The number of nitrogens with zero attached hydrogens (tertiary/aromatic N) is 5. The van der Waals surface area contributed by atoms with Crippen molar-refractivity contribution in [3.63, 3.8) is 0 Å². The number of rotatable bonds is 3. The van der Waals surface area contributed by atoms with Gasteiger partial charge in [0.25, 0.3) is 0 Å². The molecule has 3 aromatic heterocycles. The van der Waals surface area contributed by atoms with E-state index >= 15 is 0 Å². The van der Waals surface area contributed by atoms with E-state index in [1.165, 1.54) is 16.8 Å². The lowest BCUT2D eigenvalue weighted by molar-refractivity contribution is 0.311. The van der Waals surface area contributed by atoms with Gasteiger partial charge in [-0.15, -0.1) is 10.2 Å². The highest BCUT2D eigenvalue weighted by molar-refractivity contribution is 5.95. The number of H-pyrrole nitrogens is 1. The van der Waals surface area contributed by atoms with Gasteiger partial charge in [0.05, 0.1) is 18.0 Å². The normalized spacial score (nSPS) is 16.5. The molecular formula is C27H31N7O. The highest BCUT2D eigenvalue weighted by Crippen LogP contribution is 2.35. The summed E-state index contributed by atoms with van der Waals surface area (Å²) in [6.07, 6.45) is 4.81. The van der Waals surface area contributed by atoms with Crippen LogP contribution in [0.25, 0.3) is 33.4 Å². The maximum atomic E-state index is 5.76. The summed E-state index contributed by atoms with van der Waals surface area (Å²) in [4.78, 5) is 12.7. The molecule has 0 atom stereocenters. The molecule has 0 saturated carbocycles. The number of hydrogen-bond acceptors (Lipinski definition) is 7. The average molecular weight is 470 g/mol. The summed E-state index contributed by atoms with van der Waals surface area (Å²) >= 11 is 0. The number of benzene rings is 1. The summed E-state index contributed by atoms with van der Waals surface area (Å²) in [7, 11) is 2.19. The van der Waals surface area contributed by atoms with Crippen LogP contribution in [0.2, 0.25) is 0 Å². The van der Waals surface area contributed by atoms with Gasteiger partial charge in [-0.05, 0) is 62.7 Å². The number of aromatic nitrogens is 4. The molecule has 0 aliphatic carbocycles. The van der Waals surface area contributed by atoms with Crippen molar-refractivity contribution in [3.05, 3.63) is 47.8 Å². The van der Waals surface area contributed by atoms with Crippen molar-refractivity contribution in [2.75, 3.05) is 56.6 Å². The number of likely N-dealkylation sites (N-methyl/N-ethyl adjacent to an activating group) is 1. The number of nitrogens with one attached hydrogen (secondary N) is 2. The number of hydrogen-bond donors (Lipinski definition) is 2. The Morgan fingerprint density at radius 3 is 2.54 bits per heavy atom. The third kappa shape index (κ3) is 4.08. The van der Waals surface area contributed by atoms with Crippen LogP contribution in [0.3, 0.4) is 0 Å². The van der Waals surface area contributed by atoms with Crippen molar-refractivity contribution >= 4 is 22.4 Å². The monoisotopic (exact) mass is 469 g/mol. The minimum absolute atomic E-state index is 0.665. The maximum Gasteiger partial charge on any atom is 0.237 e. The molecule has 4 aromatic rings. The first-order valence-electron chi connectivity index (χ1n) is 12.3. The molecule has 0 spiro atoms. The van der Waals surface area contributed by atoms with Crippen LogP contribution in [-0.2, 0) is 0 Å². The van der Waals surface area contributed by atoms with Crippen molar-refractivity contribution in [1.29, 1.82) is 0 Å². The summed E-state index contributed by atoms with van der Waals surface area (Å²) in [6.45, 7) is 10.3. The van der Waals surface area contributed by atoms with Crippen molar-refractivity contribution in [2.24, 2.45) is 0 Å². The number of anilines is 2. The highest BCUT2D eigenvalue weighted by Gasteiger charge is 2.20. The number of piperazine rings is 1. The Kier molecular flexibility index (Phi) is 5.53. The molecule has 6 rings (SSSR count). The molecule has 2 aliphatic rings. The number of aryl methyl sites for hydroxylation is 2. The van der Waals surface area contributed by atoms with E-state index in [2.05, 4.69) is 80.4 Å². The van der Waals surface area contributed by atoms with E-state index in [0.29, 0.717) is 12.5 Å². The molecule has 0 bridgehead atoms. The third-order valence-electron chi connectivity index (χ3n) is 7.08. The Hall–Kier alpha value is -3.65. The maximum absolute atomic E-state index is 5.76. The van der Waals surface area contributed by atoms with E-state index in [4.69, 9.17) is 4.74 Å². The van der Waals surface area contributed by atoms with Gasteiger partial charge in [0, 0.05) is 72.9 Å². The number of ether oxygens (including phenoxy) is 1. The smallest absolute Gasteiger partial charge is 0.237 e.